The number of nitro groups is 1. The zero-order chi connectivity index (χ0) is 38.6. The van der Waals surface area contributed by atoms with Crippen LogP contribution in [0.2, 0.25) is 18.1 Å². The number of hydrogen-bond donors (Lipinski definition) is 0. The van der Waals surface area contributed by atoms with Crippen molar-refractivity contribution in [1.29, 1.82) is 0 Å². The van der Waals surface area contributed by atoms with Crippen LogP contribution in [-0.4, -0.2) is 80.2 Å². The molecule has 1 aromatic carbocycles. The van der Waals surface area contributed by atoms with E-state index in [9.17, 15) is 14.9 Å². The number of ether oxygens (including phenoxy) is 6. The summed E-state index contributed by atoms with van der Waals surface area (Å²) in [6.45, 7) is 21.2. The lowest BCUT2D eigenvalue weighted by Crippen LogP contribution is -2.45. The number of nitrogens with zero attached hydrogens (tertiary/aromatic N) is 1. The van der Waals surface area contributed by atoms with Gasteiger partial charge >= 0.3 is 11.7 Å². The van der Waals surface area contributed by atoms with Crippen molar-refractivity contribution >= 4 is 20.0 Å². The predicted molar refractivity (Wildman–Crippen MR) is 200 cm³/mol. The highest BCUT2D eigenvalue weighted by Gasteiger charge is 2.41. The third kappa shape index (κ3) is 12.0. The van der Waals surface area contributed by atoms with E-state index in [4.69, 9.17) is 32.8 Å². The fraction of sp³-hybridized carbons (Fsp3) is 0.658. The summed E-state index contributed by atoms with van der Waals surface area (Å²) in [7, 11) is 6.96. The summed E-state index contributed by atoms with van der Waals surface area (Å²) in [5.74, 6) is -0.143. The molecule has 0 radical (unpaired) electrons. The molecule has 0 aromatic heterocycles. The minimum Gasteiger partial charge on any atom is -0.496 e. The molecule has 0 spiro atoms. The minimum absolute atomic E-state index is 0.00191. The molecule has 0 heterocycles. The molecule has 284 valence electrons. The van der Waals surface area contributed by atoms with Crippen LogP contribution in [0.15, 0.2) is 47.6 Å². The number of esters is 1. The van der Waals surface area contributed by atoms with Crippen LogP contribution in [0.4, 0.5) is 5.69 Å². The van der Waals surface area contributed by atoms with Crippen molar-refractivity contribution < 1.29 is 42.6 Å². The van der Waals surface area contributed by atoms with Crippen LogP contribution in [0.1, 0.15) is 73.5 Å². The lowest BCUT2D eigenvalue weighted by Gasteiger charge is -2.41. The van der Waals surface area contributed by atoms with Gasteiger partial charge in [-0.1, -0.05) is 65.8 Å². The first-order valence-corrected chi connectivity index (χ1v) is 19.9. The lowest BCUT2D eigenvalue weighted by atomic mass is 9.86. The monoisotopic (exact) mass is 721 g/mol. The molecule has 0 bridgehead atoms. The van der Waals surface area contributed by atoms with Crippen molar-refractivity contribution in [3.05, 3.63) is 63.3 Å². The Morgan fingerprint density at radius 1 is 0.940 bits per heavy atom. The van der Waals surface area contributed by atoms with Gasteiger partial charge in [0.15, 0.2) is 8.32 Å². The van der Waals surface area contributed by atoms with Crippen LogP contribution in [-0.2, 0) is 28.2 Å². The summed E-state index contributed by atoms with van der Waals surface area (Å²) in [6.07, 6.45) is 6.96. The zero-order valence-corrected chi connectivity index (χ0v) is 34.2. The van der Waals surface area contributed by atoms with E-state index in [2.05, 4.69) is 66.8 Å². The summed E-state index contributed by atoms with van der Waals surface area (Å²) in [5.41, 5.74) is 1.91. The average Bonchev–Trinajstić information content (AvgIpc) is 3.05. The maximum absolute atomic E-state index is 11.9. The van der Waals surface area contributed by atoms with E-state index in [1.54, 1.807) is 40.4 Å². The first-order chi connectivity index (χ1) is 23.2. The van der Waals surface area contributed by atoms with Crippen molar-refractivity contribution in [2.24, 2.45) is 17.8 Å². The largest absolute Gasteiger partial charge is 0.496 e. The molecule has 0 aliphatic carbocycles. The second-order valence-corrected chi connectivity index (χ2v) is 19.3. The lowest BCUT2D eigenvalue weighted by molar-refractivity contribution is -0.385. The topological polar surface area (TPSA) is 125 Å². The second-order valence-electron chi connectivity index (χ2n) is 14.5. The van der Waals surface area contributed by atoms with Gasteiger partial charge in [0.25, 0.3) is 0 Å². The van der Waals surface area contributed by atoms with Gasteiger partial charge in [0, 0.05) is 44.3 Å². The van der Waals surface area contributed by atoms with Crippen molar-refractivity contribution in [3.63, 3.8) is 0 Å². The molecule has 0 amide bonds. The van der Waals surface area contributed by atoms with Crippen LogP contribution in [0.3, 0.4) is 0 Å². The quantitative estimate of drug-likeness (QED) is 0.0246. The molecule has 1 aromatic rings. The Balaban J connectivity index is 3.50. The van der Waals surface area contributed by atoms with E-state index in [0.29, 0.717) is 23.3 Å². The van der Waals surface area contributed by atoms with Gasteiger partial charge in [-0.15, -0.1) is 0 Å². The molecular formula is C38H63NO10Si. The van der Waals surface area contributed by atoms with Crippen LogP contribution in [0.25, 0.3) is 0 Å². The number of rotatable bonds is 20. The van der Waals surface area contributed by atoms with Crippen LogP contribution in [0, 0.1) is 27.9 Å². The molecule has 1 rings (SSSR count). The number of allylic oxidation sites excluding steroid dienone is 2. The Labute approximate surface area is 301 Å². The maximum Gasteiger partial charge on any atom is 0.333 e. The number of benzene rings is 1. The highest BCUT2D eigenvalue weighted by Crippen LogP contribution is 2.44. The molecule has 11 nitrogen and oxygen atoms in total. The van der Waals surface area contributed by atoms with E-state index < -0.39 is 19.3 Å². The van der Waals surface area contributed by atoms with E-state index in [1.165, 1.54) is 27.4 Å². The molecule has 0 saturated carbocycles. The fourth-order valence-electron chi connectivity index (χ4n) is 5.94. The van der Waals surface area contributed by atoms with Gasteiger partial charge in [-0.25, -0.2) is 4.79 Å². The molecule has 7 atom stereocenters. The van der Waals surface area contributed by atoms with Gasteiger partial charge in [-0.3, -0.25) is 10.1 Å². The van der Waals surface area contributed by atoms with Gasteiger partial charge < -0.3 is 32.8 Å². The molecule has 0 saturated heterocycles. The molecule has 12 heteroatoms. The summed E-state index contributed by atoms with van der Waals surface area (Å²) >= 11 is 0. The smallest absolute Gasteiger partial charge is 0.333 e. The molecule has 0 N–H and O–H groups in total. The Morgan fingerprint density at radius 2 is 1.56 bits per heavy atom. The van der Waals surface area contributed by atoms with Crippen LogP contribution < -0.4 is 9.47 Å². The second kappa shape index (κ2) is 20.1. The van der Waals surface area contributed by atoms with Crippen molar-refractivity contribution in [1.82, 2.24) is 0 Å². The molecule has 0 unspecified atom stereocenters. The summed E-state index contributed by atoms with van der Waals surface area (Å²) in [6, 6.07) is 3.05. The summed E-state index contributed by atoms with van der Waals surface area (Å²) in [5, 5.41) is 11.9. The number of hydrogen-bond acceptors (Lipinski definition) is 10. The van der Waals surface area contributed by atoms with Crippen LogP contribution >= 0.6 is 0 Å². The summed E-state index contributed by atoms with van der Waals surface area (Å²) in [4.78, 5) is 23.3. The Hall–Kier alpha value is -3.03. The number of carbonyl (C=O) groups is 1. The van der Waals surface area contributed by atoms with Gasteiger partial charge in [0.1, 0.15) is 5.75 Å². The highest BCUT2D eigenvalue weighted by atomic mass is 28.4. The number of carbonyl (C=O) groups excluding carboxylic acids is 1. The first-order valence-electron chi connectivity index (χ1n) is 17.0. The fourth-order valence-corrected chi connectivity index (χ4v) is 7.33. The zero-order valence-electron chi connectivity index (χ0n) is 33.2. The minimum atomic E-state index is -2.19. The highest BCUT2D eigenvalue weighted by molar-refractivity contribution is 6.74. The van der Waals surface area contributed by atoms with E-state index >= 15 is 0 Å². The summed E-state index contributed by atoms with van der Waals surface area (Å²) < 4.78 is 40.8. The van der Waals surface area contributed by atoms with Gasteiger partial charge in [-0.2, -0.15) is 0 Å². The maximum atomic E-state index is 11.9. The van der Waals surface area contributed by atoms with Crippen LogP contribution in [0.5, 0.6) is 11.5 Å². The van der Waals surface area contributed by atoms with Crippen molar-refractivity contribution in [2.45, 2.75) is 104 Å². The van der Waals surface area contributed by atoms with Crippen molar-refractivity contribution in [3.8, 4) is 11.5 Å². The molecular weight excluding hydrogens is 659 g/mol. The predicted octanol–water partition coefficient (Wildman–Crippen LogP) is 8.64. The van der Waals surface area contributed by atoms with E-state index in [-0.39, 0.29) is 58.5 Å². The standard InChI is InChI=1S/C38H63NO10Si/c1-24(18-17-19-25(2)37(40)48-14)33(49-50(15,16)38(6,7)8)26(3)20-27(4)35(46-12)32(44-10)21-28(5)34(45-11)30-22-29(43-9)23-31(39(41)42)36(30)47-13/h17-20,22-24,27-28,32-35H,21H2,1-16H3/b18-17-,25-19+,26-20+/t24-,27-,28-,32-,33+,34+,35+/m0/s1. The average molecular weight is 722 g/mol. The number of nitro benzene ring substituents is 1. The molecule has 0 fully saturated rings. The third-order valence-electron chi connectivity index (χ3n) is 9.80. The van der Waals surface area contributed by atoms with E-state index in [0.717, 1.165) is 5.57 Å². The van der Waals surface area contributed by atoms with Gasteiger partial charge in [0.2, 0.25) is 5.75 Å². The SMILES string of the molecule is COC(=O)/C(C)=C/C=C\[C@H](C)[C@@H](O[Si](C)(C)C(C)(C)C)/C(C)=C/[C@H](C)[C@@H](OC)[C@H](C[C@H](C)[C@@H](OC)c1cc(OC)cc([N+](=O)[O-])c1OC)OC. The molecule has 50 heavy (non-hydrogen) atoms. The first kappa shape index (κ1) is 45.0. The molecule has 0 aliphatic heterocycles. The van der Waals surface area contributed by atoms with Crippen molar-refractivity contribution in [2.75, 3.05) is 42.7 Å². The third-order valence-corrected chi connectivity index (χ3v) is 14.3. The Kier molecular flexibility index (Phi) is 18.1. The Bertz CT molecular complexity index is 1350. The van der Waals surface area contributed by atoms with E-state index in [1.807, 2.05) is 13.0 Å². The van der Waals surface area contributed by atoms with Gasteiger partial charge in [0.05, 0.1) is 56.7 Å². The number of methoxy groups -OCH3 is 6. The Morgan fingerprint density at radius 3 is 2.02 bits per heavy atom. The normalized spacial score (nSPS) is 17.4. The molecule has 0 aliphatic rings. The van der Waals surface area contributed by atoms with Gasteiger partial charge in [-0.05, 0) is 56.0 Å².